The number of carbonyl (C=O) groups excluding carboxylic acids is 3. The lowest BCUT2D eigenvalue weighted by molar-refractivity contribution is -0.141. The van der Waals surface area contributed by atoms with Crippen molar-refractivity contribution in [1.29, 1.82) is 0 Å². The smallest absolute Gasteiger partial charge is 0.328 e. The van der Waals surface area contributed by atoms with Crippen LogP contribution in [0, 0.1) is 12.8 Å². The average Bonchev–Trinajstić information content (AvgIpc) is 3.03. The van der Waals surface area contributed by atoms with Crippen LogP contribution in [0.2, 0.25) is 0 Å². The first kappa shape index (κ1) is 32.0. The molecule has 44 heavy (non-hydrogen) atoms. The van der Waals surface area contributed by atoms with Gasteiger partial charge < -0.3 is 19.7 Å². The number of ether oxygens (including phenoxy) is 2. The van der Waals surface area contributed by atoms with Crippen molar-refractivity contribution in [3.63, 3.8) is 0 Å². The van der Waals surface area contributed by atoms with Crippen molar-refractivity contribution < 1.29 is 23.9 Å². The van der Waals surface area contributed by atoms with E-state index < -0.39 is 12.0 Å². The largest absolute Gasteiger partial charge is 0.492 e. The summed E-state index contributed by atoms with van der Waals surface area (Å²) in [7, 11) is 1.35. The number of aryl methyl sites for hydroxylation is 1. The Balaban J connectivity index is 1.42. The van der Waals surface area contributed by atoms with Crippen LogP contribution in [-0.2, 0) is 20.7 Å². The first-order valence-corrected chi connectivity index (χ1v) is 14.9. The van der Waals surface area contributed by atoms with Crippen molar-refractivity contribution in [2.45, 2.75) is 39.7 Å². The van der Waals surface area contributed by atoms with Crippen LogP contribution >= 0.6 is 0 Å². The van der Waals surface area contributed by atoms with Gasteiger partial charge in [0.05, 0.1) is 13.7 Å². The third-order valence-electron chi connectivity index (χ3n) is 7.26. The Morgan fingerprint density at radius 2 is 1.48 bits per heavy atom. The minimum absolute atomic E-state index is 0.0710. The summed E-state index contributed by atoms with van der Waals surface area (Å²) < 4.78 is 11.1. The molecule has 0 radical (unpaired) electrons. The quantitative estimate of drug-likeness (QED) is 0.127. The van der Waals surface area contributed by atoms with Gasteiger partial charge in [-0.05, 0) is 54.3 Å². The molecule has 228 valence electrons. The second-order valence-electron chi connectivity index (χ2n) is 11.1. The molecule has 4 aromatic rings. The van der Waals surface area contributed by atoms with Gasteiger partial charge in [-0.15, -0.1) is 0 Å². The van der Waals surface area contributed by atoms with Gasteiger partial charge in [-0.25, -0.2) is 4.79 Å². The van der Waals surface area contributed by atoms with Gasteiger partial charge in [0.15, 0.2) is 5.78 Å². The summed E-state index contributed by atoms with van der Waals surface area (Å²) in [6, 6.07) is 30.8. The van der Waals surface area contributed by atoms with Crippen LogP contribution in [0.1, 0.15) is 47.3 Å². The number of rotatable bonds is 14. The molecule has 1 N–H and O–H groups in total. The van der Waals surface area contributed by atoms with Crippen LogP contribution in [0.3, 0.4) is 0 Å². The Morgan fingerprint density at radius 3 is 2.16 bits per heavy atom. The fourth-order valence-corrected chi connectivity index (χ4v) is 4.99. The molecule has 0 saturated heterocycles. The highest BCUT2D eigenvalue weighted by Crippen LogP contribution is 2.24. The number of anilines is 2. The lowest BCUT2D eigenvalue weighted by Gasteiger charge is -2.25. The van der Waals surface area contributed by atoms with E-state index in [1.165, 1.54) is 7.11 Å². The zero-order valence-electron chi connectivity index (χ0n) is 25.8. The average molecular weight is 593 g/mol. The predicted octanol–water partition coefficient (Wildman–Crippen LogP) is 6.88. The van der Waals surface area contributed by atoms with Crippen LogP contribution in [0.4, 0.5) is 11.4 Å². The Hall–Kier alpha value is -4.91. The number of hydrogen-bond acceptors (Lipinski definition) is 6. The molecule has 0 aliphatic rings. The number of hydrogen-bond donors (Lipinski definition) is 1. The van der Waals surface area contributed by atoms with E-state index >= 15 is 0 Å². The first-order chi connectivity index (χ1) is 21.3. The van der Waals surface area contributed by atoms with Gasteiger partial charge in [0.1, 0.15) is 18.4 Å². The van der Waals surface area contributed by atoms with Crippen LogP contribution in [-0.4, -0.2) is 44.0 Å². The molecule has 7 nitrogen and oxygen atoms in total. The number of benzene rings is 4. The SMILES string of the molecule is COC(=O)C(Cc1ccc(OCCN(C(=O)CC(C)C)c2ccccc2C)cc1)Nc1ccccc1C(=O)c1ccccc1. The third-order valence-corrected chi connectivity index (χ3v) is 7.26. The van der Waals surface area contributed by atoms with Crippen molar-refractivity contribution in [2.75, 3.05) is 30.5 Å². The second-order valence-corrected chi connectivity index (χ2v) is 11.1. The first-order valence-electron chi connectivity index (χ1n) is 14.9. The molecule has 0 saturated carbocycles. The topological polar surface area (TPSA) is 84.9 Å². The normalized spacial score (nSPS) is 11.5. The molecule has 0 spiro atoms. The van der Waals surface area contributed by atoms with E-state index in [-0.39, 0.29) is 17.6 Å². The summed E-state index contributed by atoms with van der Waals surface area (Å²) in [6.07, 6.45) is 0.800. The monoisotopic (exact) mass is 592 g/mol. The summed E-state index contributed by atoms with van der Waals surface area (Å²) in [5.74, 6) is 0.418. The Bertz CT molecular complexity index is 1550. The molecule has 0 heterocycles. The fourth-order valence-electron chi connectivity index (χ4n) is 4.99. The summed E-state index contributed by atoms with van der Waals surface area (Å²) in [5.41, 5.74) is 4.42. The van der Waals surface area contributed by atoms with E-state index in [0.29, 0.717) is 48.6 Å². The van der Waals surface area contributed by atoms with Crippen molar-refractivity contribution in [3.05, 3.63) is 125 Å². The number of amides is 1. The molecular weight excluding hydrogens is 552 g/mol. The summed E-state index contributed by atoms with van der Waals surface area (Å²) in [4.78, 5) is 40.8. The highest BCUT2D eigenvalue weighted by atomic mass is 16.5. The number of para-hydroxylation sites is 2. The van der Waals surface area contributed by atoms with Gasteiger partial charge in [-0.3, -0.25) is 9.59 Å². The maximum absolute atomic E-state index is 13.2. The zero-order chi connectivity index (χ0) is 31.5. The molecular formula is C37H40N2O5. The number of ketones is 1. The molecule has 1 amide bonds. The van der Waals surface area contributed by atoms with Gasteiger partial charge in [0, 0.05) is 35.3 Å². The molecule has 7 heteroatoms. The van der Waals surface area contributed by atoms with Gasteiger partial charge >= 0.3 is 5.97 Å². The van der Waals surface area contributed by atoms with Crippen molar-refractivity contribution in [1.82, 2.24) is 0 Å². The Labute approximate surface area is 259 Å². The zero-order valence-corrected chi connectivity index (χ0v) is 25.8. The van der Waals surface area contributed by atoms with E-state index in [4.69, 9.17) is 9.47 Å². The van der Waals surface area contributed by atoms with Gasteiger partial charge in [-0.2, -0.15) is 0 Å². The predicted molar refractivity (Wildman–Crippen MR) is 174 cm³/mol. The van der Waals surface area contributed by atoms with E-state index in [2.05, 4.69) is 5.32 Å². The van der Waals surface area contributed by atoms with Crippen LogP contribution in [0.25, 0.3) is 0 Å². The summed E-state index contributed by atoms with van der Waals surface area (Å²) >= 11 is 0. The lowest BCUT2D eigenvalue weighted by atomic mass is 10.00. The number of nitrogens with zero attached hydrogens (tertiary/aromatic N) is 1. The molecule has 1 atom stereocenters. The molecule has 4 rings (SSSR count). The molecule has 0 aromatic heterocycles. The molecule has 0 bridgehead atoms. The molecule has 1 unspecified atom stereocenters. The van der Waals surface area contributed by atoms with Crippen molar-refractivity contribution >= 4 is 29.0 Å². The number of esters is 1. The standard InChI is InChI=1S/C37H40N2O5/c1-26(2)24-35(40)39(34-17-11-8-12-27(34)3)22-23-44-30-20-18-28(19-21-30)25-33(37(42)43-4)38-32-16-10-9-15-31(32)36(41)29-13-6-5-7-14-29/h5-21,26,33,38H,22-25H2,1-4H3. The van der Waals surface area contributed by atoms with Crippen LogP contribution < -0.4 is 15.0 Å². The second kappa shape index (κ2) is 15.5. The van der Waals surface area contributed by atoms with E-state index in [1.54, 1.807) is 35.2 Å². The van der Waals surface area contributed by atoms with Crippen LogP contribution in [0.5, 0.6) is 5.75 Å². The third kappa shape index (κ3) is 8.57. The van der Waals surface area contributed by atoms with Gasteiger partial charge in [0.25, 0.3) is 0 Å². The molecule has 0 aliphatic carbocycles. The Kier molecular flexibility index (Phi) is 11.3. The van der Waals surface area contributed by atoms with E-state index in [1.807, 2.05) is 93.6 Å². The summed E-state index contributed by atoms with van der Waals surface area (Å²) in [6.45, 7) is 6.83. The molecule has 0 aliphatic heterocycles. The maximum Gasteiger partial charge on any atom is 0.328 e. The fraction of sp³-hybridized carbons (Fsp3) is 0.270. The van der Waals surface area contributed by atoms with Crippen LogP contribution in [0.15, 0.2) is 103 Å². The summed E-state index contributed by atoms with van der Waals surface area (Å²) in [5, 5.41) is 3.24. The van der Waals surface area contributed by atoms with E-state index in [0.717, 1.165) is 16.8 Å². The van der Waals surface area contributed by atoms with Crippen molar-refractivity contribution in [2.24, 2.45) is 5.92 Å². The molecule has 0 fully saturated rings. The minimum atomic E-state index is -0.717. The Morgan fingerprint density at radius 1 is 0.818 bits per heavy atom. The van der Waals surface area contributed by atoms with Crippen molar-refractivity contribution in [3.8, 4) is 5.75 Å². The highest BCUT2D eigenvalue weighted by Gasteiger charge is 2.23. The van der Waals surface area contributed by atoms with E-state index in [9.17, 15) is 14.4 Å². The molecule has 4 aromatic carbocycles. The minimum Gasteiger partial charge on any atom is -0.492 e. The highest BCUT2D eigenvalue weighted by molar-refractivity contribution is 6.12. The maximum atomic E-state index is 13.2. The lowest BCUT2D eigenvalue weighted by Crippen LogP contribution is -2.35. The number of carbonyl (C=O) groups is 3. The number of nitrogens with one attached hydrogen (secondary N) is 1. The van der Waals surface area contributed by atoms with Gasteiger partial charge in [-0.1, -0.05) is 86.6 Å². The number of methoxy groups -OCH3 is 1. The van der Waals surface area contributed by atoms with Gasteiger partial charge in [0.2, 0.25) is 5.91 Å².